The van der Waals surface area contributed by atoms with Crippen LogP contribution in [0.4, 0.5) is 4.39 Å². The summed E-state index contributed by atoms with van der Waals surface area (Å²) < 4.78 is 24.4. The van der Waals surface area contributed by atoms with E-state index in [-0.39, 0.29) is 5.75 Å². The fourth-order valence-electron chi connectivity index (χ4n) is 3.53. The number of halogens is 1. The van der Waals surface area contributed by atoms with Gasteiger partial charge in [-0.1, -0.05) is 6.07 Å². The summed E-state index contributed by atoms with van der Waals surface area (Å²) in [6.45, 7) is 4.81. The normalized spacial score (nSPS) is 16.8. The summed E-state index contributed by atoms with van der Waals surface area (Å²) in [5, 5.41) is 12.7. The van der Waals surface area contributed by atoms with E-state index in [1.54, 1.807) is 20.3 Å². The van der Waals surface area contributed by atoms with Gasteiger partial charge in [-0.15, -0.1) is 0 Å². The Kier molecular flexibility index (Phi) is 6.80. The monoisotopic (exact) mass is 401 g/mol. The van der Waals surface area contributed by atoms with Crippen molar-refractivity contribution in [2.45, 2.75) is 25.8 Å². The maximum atomic E-state index is 13.6. The Bertz CT molecular complexity index is 850. The van der Waals surface area contributed by atoms with Crippen LogP contribution >= 0.6 is 0 Å². The third-order valence-corrected chi connectivity index (χ3v) is 5.09. The van der Waals surface area contributed by atoms with Crippen molar-refractivity contribution >= 4 is 5.96 Å². The molecule has 0 aliphatic carbocycles. The van der Waals surface area contributed by atoms with Crippen molar-refractivity contribution in [2.75, 3.05) is 33.9 Å². The standard InChI is InChI=1S/C22H28FN3O3/c1-4-24-22(25-13-15-5-6-21(27)20(23)9-15)26-8-7-16(14-26)17-10-18(28-2)12-19(11-17)29-3/h5-6,9-12,16,27H,4,7-8,13-14H2,1-3H3,(H,24,25). The molecule has 2 aromatic carbocycles. The number of phenolic OH excluding ortho intramolecular Hbond substituents is 1. The molecular weight excluding hydrogens is 373 g/mol. The molecule has 1 aliphatic heterocycles. The van der Waals surface area contributed by atoms with Crippen LogP contribution in [-0.2, 0) is 6.54 Å². The molecule has 1 fully saturated rings. The van der Waals surface area contributed by atoms with E-state index in [9.17, 15) is 9.50 Å². The second kappa shape index (κ2) is 9.49. The lowest BCUT2D eigenvalue weighted by molar-refractivity contribution is 0.392. The first kappa shape index (κ1) is 20.8. The number of methoxy groups -OCH3 is 2. The Morgan fingerprint density at radius 1 is 1.21 bits per heavy atom. The summed E-state index contributed by atoms with van der Waals surface area (Å²) in [6, 6.07) is 10.3. The summed E-state index contributed by atoms with van der Waals surface area (Å²) in [5.41, 5.74) is 1.89. The number of aliphatic imine (C=N–C) groups is 1. The Balaban J connectivity index is 1.73. The van der Waals surface area contributed by atoms with Crippen LogP contribution in [0.5, 0.6) is 17.2 Å². The van der Waals surface area contributed by atoms with Gasteiger partial charge >= 0.3 is 0 Å². The predicted molar refractivity (Wildman–Crippen MR) is 111 cm³/mol. The van der Waals surface area contributed by atoms with Crippen molar-refractivity contribution in [3.8, 4) is 17.2 Å². The highest BCUT2D eigenvalue weighted by molar-refractivity contribution is 5.80. The first-order valence-electron chi connectivity index (χ1n) is 9.77. The molecular formula is C22H28FN3O3. The van der Waals surface area contributed by atoms with E-state index in [0.717, 1.165) is 43.5 Å². The van der Waals surface area contributed by atoms with Crippen molar-refractivity contribution in [2.24, 2.45) is 4.99 Å². The zero-order valence-electron chi connectivity index (χ0n) is 17.1. The molecule has 0 spiro atoms. The average Bonchev–Trinajstić information content (AvgIpc) is 3.23. The minimum absolute atomic E-state index is 0.341. The number of ether oxygens (including phenoxy) is 2. The maximum Gasteiger partial charge on any atom is 0.194 e. The molecule has 6 nitrogen and oxygen atoms in total. The number of nitrogens with one attached hydrogen (secondary N) is 1. The third kappa shape index (κ3) is 5.10. The van der Waals surface area contributed by atoms with Crippen molar-refractivity contribution in [1.82, 2.24) is 10.2 Å². The van der Waals surface area contributed by atoms with Gasteiger partial charge in [0.1, 0.15) is 11.5 Å². The van der Waals surface area contributed by atoms with Crippen LogP contribution in [0.1, 0.15) is 30.4 Å². The quantitative estimate of drug-likeness (QED) is 0.573. The van der Waals surface area contributed by atoms with E-state index in [2.05, 4.69) is 27.3 Å². The summed E-state index contributed by atoms with van der Waals surface area (Å²) in [7, 11) is 3.31. The zero-order chi connectivity index (χ0) is 20.8. The fraction of sp³-hybridized carbons (Fsp3) is 0.409. The van der Waals surface area contributed by atoms with Crippen LogP contribution < -0.4 is 14.8 Å². The van der Waals surface area contributed by atoms with E-state index in [1.165, 1.54) is 17.7 Å². The Morgan fingerprint density at radius 2 is 1.93 bits per heavy atom. The Labute approximate surface area is 171 Å². The average molecular weight is 401 g/mol. The Hall–Kier alpha value is -2.96. The van der Waals surface area contributed by atoms with Crippen molar-refractivity contribution in [3.63, 3.8) is 0 Å². The highest BCUT2D eigenvalue weighted by atomic mass is 19.1. The number of likely N-dealkylation sites (tertiary alicyclic amines) is 1. The summed E-state index contributed by atoms with van der Waals surface area (Å²) in [6.07, 6.45) is 0.995. The summed E-state index contributed by atoms with van der Waals surface area (Å²) in [5.74, 6) is 1.74. The lowest BCUT2D eigenvalue weighted by atomic mass is 9.98. The number of benzene rings is 2. The number of aromatic hydroxyl groups is 1. The second-order valence-electron chi connectivity index (χ2n) is 7.03. The van der Waals surface area contributed by atoms with Crippen LogP contribution in [0.25, 0.3) is 0 Å². The molecule has 0 aromatic heterocycles. The van der Waals surface area contributed by atoms with Gasteiger partial charge in [0.15, 0.2) is 17.5 Å². The molecule has 1 atom stereocenters. The van der Waals surface area contributed by atoms with Gasteiger partial charge in [0.25, 0.3) is 0 Å². The van der Waals surface area contributed by atoms with Gasteiger partial charge in [0, 0.05) is 31.6 Å². The first-order valence-corrected chi connectivity index (χ1v) is 9.77. The van der Waals surface area contributed by atoms with E-state index in [1.807, 2.05) is 13.0 Å². The molecule has 2 aromatic rings. The van der Waals surface area contributed by atoms with Crippen LogP contribution in [0.2, 0.25) is 0 Å². The molecule has 7 heteroatoms. The minimum atomic E-state index is -0.629. The highest BCUT2D eigenvalue weighted by Crippen LogP contribution is 2.33. The minimum Gasteiger partial charge on any atom is -0.505 e. The van der Waals surface area contributed by atoms with Crippen molar-refractivity contribution in [1.29, 1.82) is 0 Å². The molecule has 1 aliphatic rings. The fourth-order valence-corrected chi connectivity index (χ4v) is 3.53. The molecule has 1 unspecified atom stereocenters. The number of phenols is 1. The van der Waals surface area contributed by atoms with Gasteiger partial charge in [-0.3, -0.25) is 0 Å². The van der Waals surface area contributed by atoms with Crippen LogP contribution in [0, 0.1) is 5.82 Å². The predicted octanol–water partition coefficient (Wildman–Crippen LogP) is 3.50. The molecule has 3 rings (SSSR count). The smallest absolute Gasteiger partial charge is 0.194 e. The van der Waals surface area contributed by atoms with Gasteiger partial charge < -0.3 is 24.8 Å². The van der Waals surface area contributed by atoms with Crippen LogP contribution in [0.15, 0.2) is 41.4 Å². The molecule has 0 radical (unpaired) electrons. The molecule has 2 N–H and O–H groups in total. The lowest BCUT2D eigenvalue weighted by Gasteiger charge is -2.22. The number of hydrogen-bond donors (Lipinski definition) is 2. The highest BCUT2D eigenvalue weighted by Gasteiger charge is 2.27. The van der Waals surface area contributed by atoms with Gasteiger partial charge in [-0.05, 0) is 48.7 Å². The number of nitrogens with zero attached hydrogens (tertiary/aromatic N) is 2. The second-order valence-corrected chi connectivity index (χ2v) is 7.03. The molecule has 1 saturated heterocycles. The molecule has 0 bridgehead atoms. The van der Waals surface area contributed by atoms with Crippen LogP contribution in [-0.4, -0.2) is 49.8 Å². The number of guanidine groups is 1. The van der Waals surface area contributed by atoms with E-state index in [0.29, 0.717) is 18.0 Å². The summed E-state index contributed by atoms with van der Waals surface area (Å²) >= 11 is 0. The van der Waals surface area contributed by atoms with Gasteiger partial charge in [-0.25, -0.2) is 9.38 Å². The van der Waals surface area contributed by atoms with E-state index in [4.69, 9.17) is 9.47 Å². The Morgan fingerprint density at radius 3 is 2.55 bits per heavy atom. The lowest BCUT2D eigenvalue weighted by Crippen LogP contribution is -2.40. The van der Waals surface area contributed by atoms with Gasteiger partial charge in [0.2, 0.25) is 0 Å². The number of rotatable bonds is 6. The van der Waals surface area contributed by atoms with E-state index < -0.39 is 5.82 Å². The van der Waals surface area contributed by atoms with Gasteiger partial charge in [-0.2, -0.15) is 0 Å². The topological polar surface area (TPSA) is 66.3 Å². The molecule has 0 saturated carbocycles. The molecule has 156 valence electrons. The van der Waals surface area contributed by atoms with Crippen molar-refractivity contribution in [3.05, 3.63) is 53.3 Å². The molecule has 1 heterocycles. The van der Waals surface area contributed by atoms with Crippen LogP contribution in [0.3, 0.4) is 0 Å². The molecule has 0 amide bonds. The third-order valence-electron chi connectivity index (χ3n) is 5.09. The van der Waals surface area contributed by atoms with Crippen molar-refractivity contribution < 1.29 is 19.0 Å². The maximum absolute atomic E-state index is 13.6. The first-order chi connectivity index (χ1) is 14.0. The van der Waals surface area contributed by atoms with Gasteiger partial charge in [0.05, 0.1) is 20.8 Å². The molecule has 29 heavy (non-hydrogen) atoms. The summed E-state index contributed by atoms with van der Waals surface area (Å²) in [4.78, 5) is 6.88. The van der Waals surface area contributed by atoms with E-state index >= 15 is 0 Å². The largest absolute Gasteiger partial charge is 0.505 e. The zero-order valence-corrected chi connectivity index (χ0v) is 17.1. The SMILES string of the molecule is CCNC(=NCc1ccc(O)c(F)c1)N1CCC(c2cc(OC)cc(OC)c2)C1. The number of hydrogen-bond acceptors (Lipinski definition) is 4.